The second-order valence-electron chi connectivity index (χ2n) is 4.49. The topological polar surface area (TPSA) is 49.2 Å². The molecule has 1 aliphatic carbocycles. The molecule has 1 heterocycles. The lowest BCUT2D eigenvalue weighted by atomic mass is 9.91. The predicted molar refractivity (Wildman–Crippen MR) is 68.5 cm³/mol. The number of aliphatic hydroxyl groups excluding tert-OH is 1. The molecule has 1 aromatic rings. The molecule has 1 aromatic heterocycles. The lowest BCUT2D eigenvalue weighted by Crippen LogP contribution is -2.41. The fourth-order valence-corrected chi connectivity index (χ4v) is 2.31. The summed E-state index contributed by atoms with van der Waals surface area (Å²) < 4.78 is 0. The van der Waals surface area contributed by atoms with Crippen molar-refractivity contribution in [3.05, 3.63) is 17.0 Å². The number of halogens is 1. The Bertz CT molecular complexity index is 362. The number of aromatic nitrogens is 2. The first kappa shape index (κ1) is 12.6. The molecule has 5 heteroatoms. The monoisotopic (exact) mass is 255 g/mol. The maximum atomic E-state index is 8.96. The highest BCUT2D eigenvalue weighted by Gasteiger charge is 2.26. The van der Waals surface area contributed by atoms with Gasteiger partial charge in [-0.1, -0.05) is 0 Å². The van der Waals surface area contributed by atoms with Crippen LogP contribution in [-0.2, 0) is 0 Å². The third-order valence-electron chi connectivity index (χ3n) is 3.18. The summed E-state index contributed by atoms with van der Waals surface area (Å²) in [6.45, 7) is 2.96. The van der Waals surface area contributed by atoms with E-state index in [1.807, 2.05) is 13.0 Å². The molecule has 0 atom stereocenters. The van der Waals surface area contributed by atoms with Crippen molar-refractivity contribution in [3.63, 3.8) is 0 Å². The molecule has 17 heavy (non-hydrogen) atoms. The Labute approximate surface area is 107 Å². The molecular weight excluding hydrogens is 238 g/mol. The Morgan fingerprint density at radius 2 is 2.24 bits per heavy atom. The van der Waals surface area contributed by atoms with E-state index in [4.69, 9.17) is 16.7 Å². The van der Waals surface area contributed by atoms with Crippen molar-refractivity contribution >= 4 is 17.4 Å². The Hall–Kier alpha value is -0.870. The van der Waals surface area contributed by atoms with E-state index < -0.39 is 0 Å². The van der Waals surface area contributed by atoms with Crippen LogP contribution in [0.2, 0.25) is 5.28 Å². The number of aliphatic hydroxyl groups is 1. The Balaban J connectivity index is 2.17. The molecule has 1 aliphatic rings. The zero-order valence-electron chi connectivity index (χ0n) is 10.1. The average Bonchev–Trinajstić information content (AvgIpc) is 2.19. The van der Waals surface area contributed by atoms with Gasteiger partial charge >= 0.3 is 0 Å². The lowest BCUT2D eigenvalue weighted by molar-refractivity contribution is 0.282. The van der Waals surface area contributed by atoms with Crippen LogP contribution in [0.4, 0.5) is 5.82 Å². The van der Waals surface area contributed by atoms with Crippen LogP contribution < -0.4 is 4.90 Å². The molecule has 0 unspecified atom stereocenters. The minimum atomic E-state index is 0.209. The normalized spacial score (nSPS) is 15.7. The van der Waals surface area contributed by atoms with Crippen LogP contribution in [-0.4, -0.2) is 34.3 Å². The van der Waals surface area contributed by atoms with Gasteiger partial charge in [-0.05, 0) is 44.2 Å². The smallest absolute Gasteiger partial charge is 0.224 e. The van der Waals surface area contributed by atoms with Crippen LogP contribution in [0.3, 0.4) is 0 Å². The molecule has 0 amide bonds. The first-order valence-electron chi connectivity index (χ1n) is 6.09. The minimum absolute atomic E-state index is 0.209. The van der Waals surface area contributed by atoms with E-state index in [2.05, 4.69) is 14.9 Å². The molecule has 1 saturated carbocycles. The number of hydrogen-bond donors (Lipinski definition) is 1. The van der Waals surface area contributed by atoms with E-state index in [0.29, 0.717) is 11.3 Å². The molecular formula is C12H18ClN3O. The quantitative estimate of drug-likeness (QED) is 0.820. The molecule has 0 aromatic carbocycles. The van der Waals surface area contributed by atoms with E-state index in [-0.39, 0.29) is 6.61 Å². The zero-order chi connectivity index (χ0) is 12.3. The molecule has 0 bridgehead atoms. The van der Waals surface area contributed by atoms with Crippen molar-refractivity contribution in [2.24, 2.45) is 0 Å². The van der Waals surface area contributed by atoms with Crippen LogP contribution in [0.1, 0.15) is 31.4 Å². The van der Waals surface area contributed by atoms with E-state index in [1.54, 1.807) is 0 Å². The van der Waals surface area contributed by atoms with Crippen LogP contribution in [0.5, 0.6) is 0 Å². The van der Waals surface area contributed by atoms with Crippen molar-refractivity contribution in [2.75, 3.05) is 18.1 Å². The van der Waals surface area contributed by atoms with Crippen LogP contribution in [0.15, 0.2) is 6.07 Å². The molecule has 0 radical (unpaired) electrons. The summed E-state index contributed by atoms with van der Waals surface area (Å²) in [7, 11) is 0. The molecule has 1 fully saturated rings. The standard InChI is InChI=1S/C12H18ClN3O/c1-9-8-11(15-12(13)14-9)16(6-3-7-17)10-4-2-5-10/h8,10,17H,2-7H2,1H3. The summed E-state index contributed by atoms with van der Waals surface area (Å²) >= 11 is 5.90. The molecule has 94 valence electrons. The maximum absolute atomic E-state index is 8.96. The molecule has 2 rings (SSSR count). The first-order valence-corrected chi connectivity index (χ1v) is 6.47. The first-order chi connectivity index (χ1) is 8.20. The molecule has 1 N–H and O–H groups in total. The number of aryl methyl sites for hydroxylation is 1. The van der Waals surface area contributed by atoms with Gasteiger partial charge in [-0.15, -0.1) is 0 Å². The van der Waals surface area contributed by atoms with E-state index in [9.17, 15) is 0 Å². The largest absolute Gasteiger partial charge is 0.396 e. The van der Waals surface area contributed by atoms with Gasteiger partial charge in [0.25, 0.3) is 0 Å². The summed E-state index contributed by atoms with van der Waals surface area (Å²) in [4.78, 5) is 10.6. The van der Waals surface area contributed by atoms with Crippen LogP contribution >= 0.6 is 11.6 Å². The highest BCUT2D eigenvalue weighted by Crippen LogP contribution is 2.29. The second kappa shape index (κ2) is 5.65. The molecule has 0 saturated heterocycles. The summed E-state index contributed by atoms with van der Waals surface area (Å²) in [6, 6.07) is 2.51. The average molecular weight is 256 g/mol. The Morgan fingerprint density at radius 1 is 1.47 bits per heavy atom. The van der Waals surface area contributed by atoms with E-state index in [1.165, 1.54) is 19.3 Å². The number of hydrogen-bond acceptors (Lipinski definition) is 4. The number of rotatable bonds is 5. The second-order valence-corrected chi connectivity index (χ2v) is 4.83. The minimum Gasteiger partial charge on any atom is -0.396 e. The Morgan fingerprint density at radius 3 is 2.76 bits per heavy atom. The summed E-state index contributed by atoms with van der Waals surface area (Å²) in [5, 5.41) is 9.26. The summed E-state index contributed by atoms with van der Waals surface area (Å²) in [6.07, 6.45) is 4.44. The van der Waals surface area contributed by atoms with Gasteiger partial charge in [-0.2, -0.15) is 0 Å². The van der Waals surface area contributed by atoms with Crippen molar-refractivity contribution in [3.8, 4) is 0 Å². The molecule has 0 spiro atoms. The fraction of sp³-hybridized carbons (Fsp3) is 0.667. The number of anilines is 1. The van der Waals surface area contributed by atoms with Crippen LogP contribution in [0, 0.1) is 6.92 Å². The van der Waals surface area contributed by atoms with E-state index >= 15 is 0 Å². The van der Waals surface area contributed by atoms with Gasteiger partial charge in [-0.3, -0.25) is 0 Å². The fourth-order valence-electron chi connectivity index (χ4n) is 2.09. The Kier molecular flexibility index (Phi) is 4.18. The highest BCUT2D eigenvalue weighted by molar-refractivity contribution is 6.28. The predicted octanol–water partition coefficient (Wildman–Crippen LogP) is 2.18. The van der Waals surface area contributed by atoms with Gasteiger partial charge in [0.05, 0.1) is 0 Å². The van der Waals surface area contributed by atoms with Gasteiger partial charge in [0.2, 0.25) is 5.28 Å². The SMILES string of the molecule is Cc1cc(N(CCCO)C2CCC2)nc(Cl)n1. The van der Waals surface area contributed by atoms with Gasteiger partial charge in [0.1, 0.15) is 5.82 Å². The zero-order valence-corrected chi connectivity index (χ0v) is 10.8. The molecule has 0 aliphatic heterocycles. The van der Waals surface area contributed by atoms with Crippen molar-refractivity contribution < 1.29 is 5.11 Å². The van der Waals surface area contributed by atoms with Crippen molar-refractivity contribution in [1.29, 1.82) is 0 Å². The maximum Gasteiger partial charge on any atom is 0.224 e. The molecule has 4 nitrogen and oxygen atoms in total. The third-order valence-corrected chi connectivity index (χ3v) is 3.35. The van der Waals surface area contributed by atoms with E-state index in [0.717, 1.165) is 24.5 Å². The lowest BCUT2D eigenvalue weighted by Gasteiger charge is -2.38. The van der Waals surface area contributed by atoms with Gasteiger partial charge < -0.3 is 10.0 Å². The number of nitrogens with zero attached hydrogens (tertiary/aromatic N) is 3. The third kappa shape index (κ3) is 3.07. The van der Waals surface area contributed by atoms with Crippen LogP contribution in [0.25, 0.3) is 0 Å². The van der Waals surface area contributed by atoms with Gasteiger partial charge in [-0.25, -0.2) is 9.97 Å². The summed E-state index contributed by atoms with van der Waals surface area (Å²) in [5.74, 6) is 0.889. The van der Waals surface area contributed by atoms with Gasteiger partial charge in [0, 0.05) is 31.0 Å². The van der Waals surface area contributed by atoms with Crippen molar-refractivity contribution in [1.82, 2.24) is 9.97 Å². The highest BCUT2D eigenvalue weighted by atomic mass is 35.5. The van der Waals surface area contributed by atoms with Crippen molar-refractivity contribution in [2.45, 2.75) is 38.6 Å². The van der Waals surface area contributed by atoms with Gasteiger partial charge in [0.15, 0.2) is 0 Å². The summed E-state index contributed by atoms with van der Waals surface area (Å²) in [5.41, 5.74) is 0.883.